The molecule has 0 saturated carbocycles. The molecule has 0 N–H and O–H groups in total. The Morgan fingerprint density at radius 3 is 1.68 bits per heavy atom. The van der Waals surface area contributed by atoms with Gasteiger partial charge in [-0.15, -0.1) is 11.6 Å². The number of hydrogen-bond donors (Lipinski definition) is 0. The summed E-state index contributed by atoms with van der Waals surface area (Å²) >= 11 is 5.91. The molecule has 4 heteroatoms. The standard InChI is InChI=1S/C24H18ClN3/c1-26-23(21-12-10-17-6-2-4-8-19(17)14-21)28-24(27-16-25)22-13-11-18-7-3-5-9-20(18)15-22/h2-15H,1,16H2/b27-24-,28-23-. The van der Waals surface area contributed by atoms with Crippen LogP contribution in [-0.2, 0) is 0 Å². The largest absolute Gasteiger partial charge is 0.250 e. The molecule has 136 valence electrons. The lowest BCUT2D eigenvalue weighted by molar-refractivity contribution is 1.32. The zero-order chi connectivity index (χ0) is 19.3. The Morgan fingerprint density at radius 1 is 0.679 bits per heavy atom. The minimum Gasteiger partial charge on any atom is -0.250 e. The molecule has 0 atom stereocenters. The summed E-state index contributed by atoms with van der Waals surface area (Å²) in [6.07, 6.45) is 0. The van der Waals surface area contributed by atoms with Crippen LogP contribution >= 0.6 is 11.6 Å². The first-order valence-corrected chi connectivity index (χ1v) is 9.46. The average Bonchev–Trinajstić information content (AvgIpc) is 2.76. The smallest absolute Gasteiger partial charge is 0.161 e. The highest BCUT2D eigenvalue weighted by Gasteiger charge is 2.08. The molecular weight excluding hydrogens is 366 g/mol. The molecule has 0 amide bonds. The van der Waals surface area contributed by atoms with E-state index >= 15 is 0 Å². The van der Waals surface area contributed by atoms with Gasteiger partial charge < -0.3 is 0 Å². The zero-order valence-corrected chi connectivity index (χ0v) is 16.0. The number of rotatable bonds is 3. The molecule has 4 rings (SSSR count). The Bertz CT molecular complexity index is 1220. The van der Waals surface area contributed by atoms with Crippen LogP contribution in [0.1, 0.15) is 11.1 Å². The van der Waals surface area contributed by atoms with E-state index in [1.165, 1.54) is 5.39 Å². The van der Waals surface area contributed by atoms with Crippen molar-refractivity contribution >= 4 is 51.5 Å². The fraction of sp³-hybridized carbons (Fsp3) is 0.0417. The van der Waals surface area contributed by atoms with Crippen LogP contribution in [0.3, 0.4) is 0 Å². The van der Waals surface area contributed by atoms with Crippen LogP contribution in [0.4, 0.5) is 0 Å². The Hall–Kier alpha value is -3.30. The van der Waals surface area contributed by atoms with Crippen molar-refractivity contribution in [1.29, 1.82) is 0 Å². The quantitative estimate of drug-likeness (QED) is 0.178. The first-order chi connectivity index (χ1) is 13.8. The third kappa shape index (κ3) is 3.71. The highest BCUT2D eigenvalue weighted by atomic mass is 35.5. The Morgan fingerprint density at radius 2 is 1.18 bits per heavy atom. The van der Waals surface area contributed by atoms with Crippen LogP contribution in [0.2, 0.25) is 0 Å². The second kappa shape index (κ2) is 8.15. The molecule has 0 aliphatic carbocycles. The third-order valence-corrected chi connectivity index (χ3v) is 4.71. The van der Waals surface area contributed by atoms with Crippen LogP contribution in [0, 0.1) is 0 Å². The number of nitrogens with zero attached hydrogens (tertiary/aromatic N) is 3. The fourth-order valence-electron chi connectivity index (χ4n) is 3.20. The number of hydrogen-bond acceptors (Lipinski definition) is 1. The van der Waals surface area contributed by atoms with E-state index in [4.69, 9.17) is 16.6 Å². The molecule has 0 aliphatic rings. The van der Waals surface area contributed by atoms with Gasteiger partial charge in [-0.05, 0) is 40.4 Å². The molecule has 0 radical (unpaired) electrons. The van der Waals surface area contributed by atoms with Crippen molar-refractivity contribution in [3.05, 3.63) is 96.1 Å². The highest BCUT2D eigenvalue weighted by Crippen LogP contribution is 2.19. The number of alkyl halides is 1. The molecule has 0 aromatic heterocycles. The summed E-state index contributed by atoms with van der Waals surface area (Å²) in [5.74, 6) is 1.05. The molecule has 0 heterocycles. The Balaban J connectivity index is 1.79. The van der Waals surface area contributed by atoms with Crippen molar-refractivity contribution in [2.75, 3.05) is 6.00 Å². The van der Waals surface area contributed by atoms with Gasteiger partial charge in [-0.25, -0.2) is 15.0 Å². The number of aliphatic imine (C=N–C) groups is 3. The number of amidine groups is 2. The van der Waals surface area contributed by atoms with Gasteiger partial charge in [0.25, 0.3) is 0 Å². The topological polar surface area (TPSA) is 37.1 Å². The predicted octanol–water partition coefficient (Wildman–Crippen LogP) is 6.08. The average molecular weight is 384 g/mol. The van der Waals surface area contributed by atoms with E-state index in [9.17, 15) is 0 Å². The summed E-state index contributed by atoms with van der Waals surface area (Å²) in [7, 11) is 0. The van der Waals surface area contributed by atoms with E-state index in [0.29, 0.717) is 11.7 Å². The second-order valence-corrected chi connectivity index (χ2v) is 6.56. The summed E-state index contributed by atoms with van der Waals surface area (Å²) in [6, 6.07) is 28.7. The van der Waals surface area contributed by atoms with Crippen LogP contribution in [-0.4, -0.2) is 24.4 Å². The van der Waals surface area contributed by atoms with E-state index in [2.05, 4.69) is 65.2 Å². The van der Waals surface area contributed by atoms with Gasteiger partial charge in [0.2, 0.25) is 0 Å². The van der Waals surface area contributed by atoms with Crippen molar-refractivity contribution in [3.63, 3.8) is 0 Å². The second-order valence-electron chi connectivity index (χ2n) is 6.32. The van der Waals surface area contributed by atoms with Crippen molar-refractivity contribution < 1.29 is 0 Å². The van der Waals surface area contributed by atoms with Gasteiger partial charge >= 0.3 is 0 Å². The van der Waals surface area contributed by atoms with Crippen molar-refractivity contribution in [3.8, 4) is 0 Å². The molecule has 0 aliphatic heterocycles. The normalized spacial score (nSPS) is 12.5. The predicted molar refractivity (Wildman–Crippen MR) is 121 cm³/mol. The van der Waals surface area contributed by atoms with Gasteiger partial charge in [-0.1, -0.05) is 72.8 Å². The first-order valence-electron chi connectivity index (χ1n) is 8.92. The van der Waals surface area contributed by atoms with E-state index in [1.54, 1.807) is 0 Å². The summed E-state index contributed by atoms with van der Waals surface area (Å²) in [5.41, 5.74) is 1.78. The van der Waals surface area contributed by atoms with Gasteiger partial charge in [0.15, 0.2) is 11.7 Å². The molecule has 28 heavy (non-hydrogen) atoms. The van der Waals surface area contributed by atoms with Gasteiger partial charge in [-0.2, -0.15) is 0 Å². The third-order valence-electron chi connectivity index (χ3n) is 4.59. The maximum Gasteiger partial charge on any atom is 0.161 e. The molecule has 0 unspecified atom stereocenters. The number of fused-ring (bicyclic) bond motifs is 2. The molecule has 0 bridgehead atoms. The molecule has 0 saturated heterocycles. The molecular formula is C24H18ClN3. The van der Waals surface area contributed by atoms with E-state index < -0.39 is 0 Å². The van der Waals surface area contributed by atoms with Gasteiger partial charge in [0.1, 0.15) is 6.00 Å². The minimum atomic E-state index is 0.119. The first kappa shape index (κ1) is 18.1. The van der Waals surface area contributed by atoms with Gasteiger partial charge in [0, 0.05) is 11.1 Å². The Labute approximate surface area is 168 Å². The van der Waals surface area contributed by atoms with Crippen molar-refractivity contribution in [1.82, 2.24) is 0 Å². The van der Waals surface area contributed by atoms with Gasteiger partial charge in [0.05, 0.1) is 0 Å². The fourth-order valence-corrected chi connectivity index (χ4v) is 3.31. The summed E-state index contributed by atoms with van der Waals surface area (Å²) in [6.45, 7) is 3.71. The van der Waals surface area contributed by atoms with Gasteiger partial charge in [-0.3, -0.25) is 0 Å². The SMILES string of the molecule is C=N/C(=N\C(=N/CCl)c1ccc2ccccc2c1)c1ccc2ccccc2c1. The maximum atomic E-state index is 5.91. The van der Waals surface area contributed by atoms with Crippen LogP contribution in [0.5, 0.6) is 0 Å². The minimum absolute atomic E-state index is 0.119. The summed E-state index contributed by atoms with van der Waals surface area (Å²) in [5, 5.41) is 4.57. The van der Waals surface area contributed by atoms with E-state index in [0.717, 1.165) is 27.3 Å². The van der Waals surface area contributed by atoms with Crippen molar-refractivity contribution in [2.45, 2.75) is 0 Å². The molecule has 3 nitrogen and oxygen atoms in total. The van der Waals surface area contributed by atoms with Crippen LogP contribution in [0.25, 0.3) is 21.5 Å². The van der Waals surface area contributed by atoms with Crippen LogP contribution < -0.4 is 0 Å². The summed E-state index contributed by atoms with van der Waals surface area (Å²) in [4.78, 5) is 13.2. The Kier molecular flexibility index (Phi) is 5.27. The zero-order valence-electron chi connectivity index (χ0n) is 15.2. The van der Waals surface area contributed by atoms with Crippen molar-refractivity contribution in [2.24, 2.45) is 15.0 Å². The lowest BCUT2D eigenvalue weighted by atomic mass is 10.1. The molecule has 4 aromatic carbocycles. The highest BCUT2D eigenvalue weighted by molar-refractivity contribution is 6.20. The molecule has 4 aromatic rings. The lowest BCUT2D eigenvalue weighted by Gasteiger charge is -2.07. The van der Waals surface area contributed by atoms with E-state index in [-0.39, 0.29) is 6.00 Å². The number of benzene rings is 4. The maximum absolute atomic E-state index is 5.91. The molecule has 0 spiro atoms. The monoisotopic (exact) mass is 383 g/mol. The number of halogens is 1. The van der Waals surface area contributed by atoms with E-state index in [1.807, 2.05) is 36.4 Å². The lowest BCUT2D eigenvalue weighted by Crippen LogP contribution is -2.05. The molecule has 0 fully saturated rings. The van der Waals surface area contributed by atoms with Crippen LogP contribution in [0.15, 0.2) is 99.9 Å². The summed E-state index contributed by atoms with van der Waals surface area (Å²) < 4.78 is 0.